The second-order valence-corrected chi connectivity index (χ2v) is 6.56. The molecule has 0 aliphatic rings. The van der Waals surface area contributed by atoms with Gasteiger partial charge in [-0.1, -0.05) is 35.0 Å². The van der Waals surface area contributed by atoms with Gasteiger partial charge in [-0.3, -0.25) is 4.79 Å². The highest BCUT2D eigenvalue weighted by Crippen LogP contribution is 2.17. The topological polar surface area (TPSA) is 55.1 Å². The lowest BCUT2D eigenvalue weighted by atomic mass is 9.95. The molecule has 0 aliphatic heterocycles. The Hall–Kier alpha value is -0.580. The number of carbonyl (C=O) groups excluding carboxylic acids is 1. The van der Waals surface area contributed by atoms with E-state index in [2.05, 4.69) is 27.3 Å². The van der Waals surface area contributed by atoms with E-state index in [-0.39, 0.29) is 29.8 Å². The van der Waals surface area contributed by atoms with Crippen LogP contribution in [0, 0.1) is 5.92 Å². The number of carbonyl (C=O) groups is 1. The molecular formula is C15H24BrClN2O. The van der Waals surface area contributed by atoms with Crippen LogP contribution in [0.25, 0.3) is 0 Å². The van der Waals surface area contributed by atoms with Crippen molar-refractivity contribution in [1.29, 1.82) is 0 Å². The number of rotatable bonds is 6. The van der Waals surface area contributed by atoms with E-state index in [0.717, 1.165) is 17.3 Å². The highest BCUT2D eigenvalue weighted by molar-refractivity contribution is 9.10. The number of nitrogens with one attached hydrogen (secondary N) is 1. The van der Waals surface area contributed by atoms with Gasteiger partial charge in [0.2, 0.25) is 5.91 Å². The van der Waals surface area contributed by atoms with E-state index in [4.69, 9.17) is 5.73 Å². The number of halogens is 2. The van der Waals surface area contributed by atoms with Crippen LogP contribution >= 0.6 is 28.3 Å². The van der Waals surface area contributed by atoms with Crippen LogP contribution in [-0.4, -0.2) is 18.0 Å². The van der Waals surface area contributed by atoms with Gasteiger partial charge in [0.1, 0.15) is 0 Å². The first-order valence-electron chi connectivity index (χ1n) is 6.63. The Morgan fingerprint density at radius 3 is 2.60 bits per heavy atom. The maximum Gasteiger partial charge on any atom is 0.223 e. The number of benzene rings is 1. The zero-order chi connectivity index (χ0) is 14.5. The molecule has 3 N–H and O–H groups in total. The lowest BCUT2D eigenvalue weighted by molar-refractivity contribution is -0.125. The molecule has 20 heavy (non-hydrogen) atoms. The fourth-order valence-corrected chi connectivity index (χ4v) is 2.28. The third-order valence-corrected chi connectivity index (χ3v) is 3.45. The van der Waals surface area contributed by atoms with Crippen molar-refractivity contribution in [1.82, 2.24) is 5.32 Å². The molecule has 1 unspecified atom stereocenters. The van der Waals surface area contributed by atoms with Gasteiger partial charge in [-0.15, -0.1) is 12.4 Å². The number of amides is 1. The summed E-state index contributed by atoms with van der Waals surface area (Å²) in [6.07, 6.45) is 1.58. The average molecular weight is 364 g/mol. The molecule has 0 saturated heterocycles. The van der Waals surface area contributed by atoms with E-state index in [1.54, 1.807) is 0 Å². The minimum atomic E-state index is -0.371. The monoisotopic (exact) mass is 362 g/mol. The van der Waals surface area contributed by atoms with Crippen LogP contribution in [0.3, 0.4) is 0 Å². The zero-order valence-corrected chi connectivity index (χ0v) is 14.7. The predicted octanol–water partition coefficient (Wildman–Crippen LogP) is 3.29. The smallest absolute Gasteiger partial charge is 0.223 e. The summed E-state index contributed by atoms with van der Waals surface area (Å²) in [4.78, 5) is 12.1. The van der Waals surface area contributed by atoms with Crippen LogP contribution < -0.4 is 11.1 Å². The van der Waals surface area contributed by atoms with E-state index in [1.807, 2.05) is 39.0 Å². The lowest BCUT2D eigenvalue weighted by Gasteiger charge is -2.21. The molecule has 0 spiro atoms. The normalized spacial score (nSPS) is 12.4. The summed E-state index contributed by atoms with van der Waals surface area (Å²) in [6, 6.07) is 8.09. The van der Waals surface area contributed by atoms with Crippen LogP contribution in [0.15, 0.2) is 28.7 Å². The predicted molar refractivity (Wildman–Crippen MR) is 90.2 cm³/mol. The van der Waals surface area contributed by atoms with Crippen molar-refractivity contribution in [2.24, 2.45) is 11.7 Å². The maximum atomic E-state index is 12.1. The Bertz CT molecular complexity index is 432. The van der Waals surface area contributed by atoms with E-state index >= 15 is 0 Å². The molecule has 1 rings (SSSR count). The summed E-state index contributed by atoms with van der Waals surface area (Å²) >= 11 is 3.45. The highest BCUT2D eigenvalue weighted by Gasteiger charge is 2.19. The summed E-state index contributed by atoms with van der Waals surface area (Å²) in [5.41, 5.74) is 6.68. The largest absolute Gasteiger partial charge is 0.354 e. The molecule has 0 radical (unpaired) electrons. The van der Waals surface area contributed by atoms with E-state index in [1.165, 1.54) is 5.56 Å². The third kappa shape index (κ3) is 7.27. The second-order valence-electron chi connectivity index (χ2n) is 5.65. The van der Waals surface area contributed by atoms with Crippen molar-refractivity contribution in [2.75, 3.05) is 6.54 Å². The third-order valence-electron chi connectivity index (χ3n) is 2.95. The Balaban J connectivity index is 0.00000361. The molecule has 0 aromatic heterocycles. The first-order chi connectivity index (χ1) is 8.81. The minimum absolute atomic E-state index is 0. The van der Waals surface area contributed by atoms with Crippen molar-refractivity contribution in [3.63, 3.8) is 0 Å². The van der Waals surface area contributed by atoms with Crippen LogP contribution in [0.2, 0.25) is 0 Å². The van der Waals surface area contributed by atoms with Gasteiger partial charge < -0.3 is 11.1 Å². The number of hydrogen-bond donors (Lipinski definition) is 2. The first kappa shape index (κ1) is 19.4. The Kier molecular flexibility index (Phi) is 8.40. The SMILES string of the molecule is CCC(Cc1cccc(Br)c1)C(=O)NCC(C)(C)N.Cl. The van der Waals surface area contributed by atoms with Crippen LogP contribution in [0.4, 0.5) is 0 Å². The summed E-state index contributed by atoms with van der Waals surface area (Å²) in [6.45, 7) is 6.35. The molecule has 1 aromatic carbocycles. The quantitative estimate of drug-likeness (QED) is 0.815. The van der Waals surface area contributed by atoms with Crippen molar-refractivity contribution in [3.05, 3.63) is 34.3 Å². The lowest BCUT2D eigenvalue weighted by Crippen LogP contribution is -2.46. The van der Waals surface area contributed by atoms with Gasteiger partial charge in [-0.2, -0.15) is 0 Å². The maximum absolute atomic E-state index is 12.1. The van der Waals surface area contributed by atoms with E-state index < -0.39 is 0 Å². The van der Waals surface area contributed by atoms with Gasteiger partial charge >= 0.3 is 0 Å². The molecule has 1 amide bonds. The van der Waals surface area contributed by atoms with Crippen LogP contribution in [0.1, 0.15) is 32.8 Å². The van der Waals surface area contributed by atoms with Gasteiger partial charge in [0.05, 0.1) is 0 Å². The first-order valence-corrected chi connectivity index (χ1v) is 7.42. The van der Waals surface area contributed by atoms with Gasteiger partial charge in [0.15, 0.2) is 0 Å². The van der Waals surface area contributed by atoms with Crippen molar-refractivity contribution in [2.45, 2.75) is 39.2 Å². The second kappa shape index (κ2) is 8.65. The molecular weight excluding hydrogens is 340 g/mol. The molecule has 0 fully saturated rings. The number of hydrogen-bond acceptors (Lipinski definition) is 2. The number of nitrogens with two attached hydrogens (primary N) is 1. The van der Waals surface area contributed by atoms with Crippen LogP contribution in [0.5, 0.6) is 0 Å². The van der Waals surface area contributed by atoms with E-state index in [9.17, 15) is 4.79 Å². The fourth-order valence-electron chi connectivity index (χ4n) is 1.83. The van der Waals surface area contributed by atoms with E-state index in [0.29, 0.717) is 6.54 Å². The van der Waals surface area contributed by atoms with Crippen LogP contribution in [-0.2, 0) is 11.2 Å². The summed E-state index contributed by atoms with van der Waals surface area (Å²) in [5.74, 6) is 0.0812. The van der Waals surface area contributed by atoms with Gasteiger partial charge in [0, 0.05) is 22.5 Å². The zero-order valence-electron chi connectivity index (χ0n) is 12.3. The Morgan fingerprint density at radius 1 is 1.45 bits per heavy atom. The average Bonchev–Trinajstić information content (AvgIpc) is 2.32. The van der Waals surface area contributed by atoms with Crippen molar-refractivity contribution < 1.29 is 4.79 Å². The Labute approximate surface area is 136 Å². The fraction of sp³-hybridized carbons (Fsp3) is 0.533. The molecule has 0 aliphatic carbocycles. The van der Waals surface area contributed by atoms with Gasteiger partial charge in [0.25, 0.3) is 0 Å². The molecule has 5 heteroatoms. The Morgan fingerprint density at radius 2 is 2.10 bits per heavy atom. The summed E-state index contributed by atoms with van der Waals surface area (Å²) in [5, 5.41) is 2.93. The molecule has 1 aromatic rings. The molecule has 0 saturated carbocycles. The summed E-state index contributed by atoms with van der Waals surface area (Å²) in [7, 11) is 0. The van der Waals surface area contributed by atoms with Crippen molar-refractivity contribution in [3.8, 4) is 0 Å². The standard InChI is InChI=1S/C15H23BrN2O.ClH/c1-4-12(14(19)18-10-15(2,3)17)8-11-6-5-7-13(16)9-11;/h5-7,9,12H,4,8,10,17H2,1-3H3,(H,18,19);1H. The van der Waals surface area contributed by atoms with Gasteiger partial charge in [-0.05, 0) is 44.4 Å². The molecule has 114 valence electrons. The molecule has 0 heterocycles. The highest BCUT2D eigenvalue weighted by atomic mass is 79.9. The minimum Gasteiger partial charge on any atom is -0.354 e. The van der Waals surface area contributed by atoms with Crippen molar-refractivity contribution >= 4 is 34.2 Å². The molecule has 0 bridgehead atoms. The summed E-state index contributed by atoms with van der Waals surface area (Å²) < 4.78 is 1.04. The molecule has 3 nitrogen and oxygen atoms in total. The molecule has 1 atom stereocenters. The van der Waals surface area contributed by atoms with Gasteiger partial charge in [-0.25, -0.2) is 0 Å².